The van der Waals surface area contributed by atoms with E-state index in [2.05, 4.69) is 19.0 Å². The number of aryl methyl sites for hydroxylation is 1. The Labute approximate surface area is 152 Å². The summed E-state index contributed by atoms with van der Waals surface area (Å²) >= 11 is 1.47. The lowest BCUT2D eigenvalue weighted by Crippen LogP contribution is -2.26. The zero-order valence-corrected chi connectivity index (χ0v) is 14.8. The first-order valence-electron chi connectivity index (χ1n) is 8.07. The van der Waals surface area contributed by atoms with Crippen LogP contribution in [0.4, 0.5) is 8.78 Å². The predicted molar refractivity (Wildman–Crippen MR) is 93.7 cm³/mol. The highest BCUT2D eigenvalue weighted by Crippen LogP contribution is 2.48. The van der Waals surface area contributed by atoms with Crippen LogP contribution in [0.2, 0.25) is 0 Å². The van der Waals surface area contributed by atoms with Gasteiger partial charge >= 0.3 is 6.29 Å². The number of para-hydroxylation sites is 1. The number of rotatable bonds is 6. The van der Waals surface area contributed by atoms with E-state index in [-0.39, 0.29) is 11.5 Å². The van der Waals surface area contributed by atoms with Gasteiger partial charge in [0, 0.05) is 43.1 Å². The molecule has 3 aromatic rings. The van der Waals surface area contributed by atoms with Crippen molar-refractivity contribution in [3.8, 4) is 32.6 Å². The first-order chi connectivity index (χ1) is 12.6. The van der Waals surface area contributed by atoms with Gasteiger partial charge in [0.1, 0.15) is 5.82 Å². The fourth-order valence-corrected chi connectivity index (χ4v) is 3.90. The molecule has 3 heterocycles. The number of halogens is 2. The highest BCUT2D eigenvalue weighted by Gasteiger charge is 2.44. The zero-order valence-electron chi connectivity index (χ0n) is 13.9. The minimum atomic E-state index is -3.63. The van der Waals surface area contributed by atoms with Crippen LogP contribution in [0.3, 0.4) is 0 Å². The van der Waals surface area contributed by atoms with Crippen LogP contribution in [-0.2, 0) is 11.3 Å². The van der Waals surface area contributed by atoms with E-state index in [1.807, 2.05) is 18.3 Å². The molecule has 0 unspecified atom stereocenters. The van der Waals surface area contributed by atoms with Gasteiger partial charge in [-0.3, -0.25) is 0 Å². The quantitative estimate of drug-likeness (QED) is 0.587. The molecule has 0 atom stereocenters. The second-order valence-electron chi connectivity index (χ2n) is 5.75. The van der Waals surface area contributed by atoms with Gasteiger partial charge < -0.3 is 18.8 Å². The normalized spacial score (nSPS) is 14.7. The summed E-state index contributed by atoms with van der Waals surface area (Å²) in [5.41, 5.74) is 0.577. The number of nitrogens with zero attached hydrogens (tertiary/aromatic N) is 2. The van der Waals surface area contributed by atoms with Crippen molar-refractivity contribution in [2.75, 3.05) is 13.7 Å². The van der Waals surface area contributed by atoms with Crippen molar-refractivity contribution in [1.29, 1.82) is 0 Å². The number of thiophene rings is 1. The largest absolute Gasteiger partial charge is 0.586 e. The average Bonchev–Trinajstić information content (AvgIpc) is 3.30. The van der Waals surface area contributed by atoms with Crippen molar-refractivity contribution in [3.63, 3.8) is 0 Å². The Bertz CT molecular complexity index is 923. The molecule has 136 valence electrons. The summed E-state index contributed by atoms with van der Waals surface area (Å²) in [7, 11) is 1.67. The van der Waals surface area contributed by atoms with Crippen molar-refractivity contribution >= 4 is 11.3 Å². The standard InChI is InChI=1S/C18H16F2N2O3S/c1-23-11-3-9-22-10-8-21-17(22)15-7-6-14(26-15)12-4-2-5-13-16(12)25-18(19,20)24-13/h2,4-8,10H,3,9,11H2,1H3. The molecule has 0 saturated heterocycles. The maximum absolute atomic E-state index is 13.4. The highest BCUT2D eigenvalue weighted by molar-refractivity contribution is 7.18. The summed E-state index contributed by atoms with van der Waals surface area (Å²) in [6.07, 6.45) is 0.919. The van der Waals surface area contributed by atoms with Gasteiger partial charge in [-0.25, -0.2) is 4.98 Å². The van der Waals surface area contributed by atoms with Gasteiger partial charge in [0.2, 0.25) is 0 Å². The predicted octanol–water partition coefficient (Wildman–Crippen LogP) is 4.64. The minimum Gasteiger partial charge on any atom is -0.395 e. The van der Waals surface area contributed by atoms with Crippen molar-refractivity contribution in [3.05, 3.63) is 42.7 Å². The first kappa shape index (κ1) is 17.0. The van der Waals surface area contributed by atoms with Crippen LogP contribution >= 0.6 is 11.3 Å². The topological polar surface area (TPSA) is 45.5 Å². The number of hydrogen-bond acceptors (Lipinski definition) is 5. The van der Waals surface area contributed by atoms with Crippen LogP contribution in [0.15, 0.2) is 42.7 Å². The van der Waals surface area contributed by atoms with Crippen LogP contribution in [-0.4, -0.2) is 29.6 Å². The molecule has 0 fully saturated rings. The molecule has 0 N–H and O–H groups in total. The van der Waals surface area contributed by atoms with Gasteiger partial charge in [-0.2, -0.15) is 0 Å². The van der Waals surface area contributed by atoms with Crippen LogP contribution in [0.1, 0.15) is 6.42 Å². The molecule has 0 spiro atoms. The molecule has 5 nitrogen and oxygen atoms in total. The van der Waals surface area contributed by atoms with Gasteiger partial charge in [-0.05, 0) is 30.7 Å². The van der Waals surface area contributed by atoms with E-state index in [1.165, 1.54) is 17.4 Å². The summed E-state index contributed by atoms with van der Waals surface area (Å²) in [6.45, 7) is 1.47. The molecule has 0 bridgehead atoms. The van der Waals surface area contributed by atoms with E-state index in [4.69, 9.17) is 4.74 Å². The average molecular weight is 378 g/mol. The van der Waals surface area contributed by atoms with Crippen molar-refractivity contribution < 1.29 is 23.0 Å². The molecule has 26 heavy (non-hydrogen) atoms. The number of fused-ring (bicyclic) bond motifs is 1. The fourth-order valence-electron chi connectivity index (χ4n) is 2.86. The second kappa shape index (κ2) is 6.69. The highest BCUT2D eigenvalue weighted by atomic mass is 32.1. The molecule has 1 aliphatic rings. The van der Waals surface area contributed by atoms with Gasteiger partial charge in [0.05, 0.1) is 4.88 Å². The second-order valence-corrected chi connectivity index (χ2v) is 6.84. The van der Waals surface area contributed by atoms with Crippen molar-refractivity contribution in [2.45, 2.75) is 19.3 Å². The molecule has 0 saturated carbocycles. The Hall–Kier alpha value is -2.45. The number of benzene rings is 1. The Balaban J connectivity index is 1.63. The maximum Gasteiger partial charge on any atom is 0.586 e. The van der Waals surface area contributed by atoms with Crippen LogP contribution in [0, 0.1) is 0 Å². The third-order valence-electron chi connectivity index (χ3n) is 3.98. The van der Waals surface area contributed by atoms with E-state index >= 15 is 0 Å². The van der Waals surface area contributed by atoms with E-state index in [0.29, 0.717) is 12.2 Å². The smallest absolute Gasteiger partial charge is 0.395 e. The first-order valence-corrected chi connectivity index (χ1v) is 8.88. The fraction of sp³-hybridized carbons (Fsp3) is 0.278. The third kappa shape index (κ3) is 3.17. The molecule has 1 aliphatic heterocycles. The maximum atomic E-state index is 13.4. The summed E-state index contributed by atoms with van der Waals surface area (Å²) in [6, 6.07) is 8.69. The molecular formula is C18H16F2N2O3S. The lowest BCUT2D eigenvalue weighted by atomic mass is 10.1. The molecular weight excluding hydrogens is 362 g/mol. The van der Waals surface area contributed by atoms with Gasteiger partial charge in [0.25, 0.3) is 0 Å². The number of imidazole rings is 1. The number of aromatic nitrogens is 2. The van der Waals surface area contributed by atoms with Gasteiger partial charge in [-0.1, -0.05) is 6.07 Å². The SMILES string of the molecule is COCCCn1ccnc1-c1ccc(-c2cccc3c2OC(F)(F)O3)s1. The van der Waals surface area contributed by atoms with E-state index in [1.54, 1.807) is 25.4 Å². The summed E-state index contributed by atoms with van der Waals surface area (Å²) in [4.78, 5) is 6.18. The molecule has 1 aromatic carbocycles. The van der Waals surface area contributed by atoms with E-state index < -0.39 is 6.29 Å². The van der Waals surface area contributed by atoms with Crippen molar-refractivity contribution in [2.24, 2.45) is 0 Å². The van der Waals surface area contributed by atoms with Crippen LogP contribution in [0.25, 0.3) is 21.1 Å². The third-order valence-corrected chi connectivity index (χ3v) is 5.10. The van der Waals surface area contributed by atoms with Crippen molar-refractivity contribution in [1.82, 2.24) is 9.55 Å². The molecule has 0 radical (unpaired) electrons. The number of methoxy groups -OCH3 is 1. The Morgan fingerprint density at radius 2 is 2.04 bits per heavy atom. The molecule has 8 heteroatoms. The molecule has 0 amide bonds. The van der Waals surface area contributed by atoms with Gasteiger partial charge in [0.15, 0.2) is 11.5 Å². The monoisotopic (exact) mass is 378 g/mol. The van der Waals surface area contributed by atoms with E-state index in [0.717, 1.165) is 28.5 Å². The molecule has 0 aliphatic carbocycles. The summed E-state index contributed by atoms with van der Waals surface area (Å²) < 4.78 is 43.2. The zero-order chi connectivity index (χ0) is 18.1. The molecule has 2 aromatic heterocycles. The lowest BCUT2D eigenvalue weighted by Gasteiger charge is -2.06. The van der Waals surface area contributed by atoms with Gasteiger partial charge in [-0.15, -0.1) is 20.1 Å². The Morgan fingerprint density at radius 3 is 2.88 bits per heavy atom. The minimum absolute atomic E-state index is 0.0449. The lowest BCUT2D eigenvalue weighted by molar-refractivity contribution is -0.286. The molecule has 4 rings (SSSR count). The Morgan fingerprint density at radius 1 is 1.19 bits per heavy atom. The Kier molecular flexibility index (Phi) is 4.37. The number of ether oxygens (including phenoxy) is 3. The van der Waals surface area contributed by atoms with Crippen LogP contribution in [0.5, 0.6) is 11.5 Å². The summed E-state index contributed by atoms with van der Waals surface area (Å²) in [5, 5.41) is 0. The number of alkyl halides is 2. The number of hydrogen-bond donors (Lipinski definition) is 0. The van der Waals surface area contributed by atoms with Crippen LogP contribution < -0.4 is 9.47 Å². The summed E-state index contributed by atoms with van der Waals surface area (Å²) in [5.74, 6) is 0.949. The van der Waals surface area contributed by atoms with E-state index in [9.17, 15) is 8.78 Å².